The Morgan fingerprint density at radius 2 is 2.06 bits per heavy atom. The molecule has 2 aliphatic heterocycles. The largest absolute Gasteiger partial charge is 0.340 e. The van der Waals surface area contributed by atoms with Crippen LogP contribution in [0.25, 0.3) is 0 Å². The van der Waals surface area contributed by atoms with Crippen LogP contribution >= 0.6 is 0 Å². The van der Waals surface area contributed by atoms with Crippen LogP contribution in [0.4, 0.5) is 0 Å². The van der Waals surface area contributed by atoms with Gasteiger partial charge in [0.15, 0.2) is 0 Å². The summed E-state index contributed by atoms with van der Waals surface area (Å²) in [6.07, 6.45) is 2.18. The summed E-state index contributed by atoms with van der Waals surface area (Å²) in [7, 11) is 0. The number of piperidine rings is 1. The van der Waals surface area contributed by atoms with Crippen LogP contribution in [0, 0.1) is 5.92 Å². The average Bonchev–Trinajstić information content (AvgIpc) is 2.38. The molecule has 0 aromatic heterocycles. The minimum absolute atomic E-state index is 0.210. The molecule has 3 unspecified atom stereocenters. The van der Waals surface area contributed by atoms with Gasteiger partial charge in [-0.2, -0.15) is 0 Å². The number of hydrogen-bond donors (Lipinski definition) is 1. The number of nitrogens with zero attached hydrogens (tertiary/aromatic N) is 2. The number of nitrogens with one attached hydrogen (secondary N) is 1. The minimum Gasteiger partial charge on any atom is -0.340 e. The fraction of sp³-hybridized carbons (Fsp3) is 0.929. The van der Waals surface area contributed by atoms with Crippen LogP contribution < -0.4 is 5.32 Å². The maximum atomic E-state index is 12.5. The Hall–Kier alpha value is -0.610. The molecule has 0 aliphatic carbocycles. The lowest BCUT2D eigenvalue weighted by Crippen LogP contribution is -2.56. The summed E-state index contributed by atoms with van der Waals surface area (Å²) in [5.41, 5.74) is 0. The van der Waals surface area contributed by atoms with Crippen LogP contribution in [-0.2, 0) is 4.79 Å². The molecule has 2 fully saturated rings. The van der Waals surface area contributed by atoms with Gasteiger partial charge in [-0.05, 0) is 33.2 Å². The third-order valence-corrected chi connectivity index (χ3v) is 4.49. The first-order valence-corrected chi connectivity index (χ1v) is 7.38. The highest BCUT2D eigenvalue weighted by molar-refractivity contribution is 5.79. The van der Waals surface area contributed by atoms with Gasteiger partial charge in [0.1, 0.15) is 0 Å². The Balaban J connectivity index is 1.86. The van der Waals surface area contributed by atoms with Crippen molar-refractivity contribution in [1.29, 1.82) is 0 Å². The van der Waals surface area contributed by atoms with E-state index < -0.39 is 0 Å². The third-order valence-electron chi connectivity index (χ3n) is 4.49. The van der Waals surface area contributed by atoms with Crippen LogP contribution in [-0.4, -0.2) is 60.5 Å². The lowest BCUT2D eigenvalue weighted by Gasteiger charge is -2.41. The van der Waals surface area contributed by atoms with Crippen molar-refractivity contribution in [3.8, 4) is 0 Å². The van der Waals surface area contributed by atoms with Gasteiger partial charge in [-0.25, -0.2) is 0 Å². The molecule has 4 nitrogen and oxygen atoms in total. The second-order valence-electron chi connectivity index (χ2n) is 5.85. The summed E-state index contributed by atoms with van der Waals surface area (Å²) >= 11 is 0. The summed E-state index contributed by atoms with van der Waals surface area (Å²) in [6.45, 7) is 11.4. The van der Waals surface area contributed by atoms with E-state index in [-0.39, 0.29) is 5.92 Å². The van der Waals surface area contributed by atoms with E-state index in [1.165, 1.54) is 0 Å². The molecule has 2 heterocycles. The summed E-state index contributed by atoms with van der Waals surface area (Å²) in [5, 5.41) is 3.43. The van der Waals surface area contributed by atoms with Crippen molar-refractivity contribution in [2.75, 3.05) is 32.7 Å². The lowest BCUT2D eigenvalue weighted by molar-refractivity contribution is -0.139. The van der Waals surface area contributed by atoms with Crippen LogP contribution in [0.2, 0.25) is 0 Å². The van der Waals surface area contributed by atoms with Crippen LogP contribution in [0.3, 0.4) is 0 Å². The molecule has 1 N–H and O–H groups in total. The summed E-state index contributed by atoms with van der Waals surface area (Å²) < 4.78 is 0. The van der Waals surface area contributed by atoms with E-state index >= 15 is 0 Å². The Kier molecular flexibility index (Phi) is 4.62. The highest BCUT2D eigenvalue weighted by atomic mass is 16.2. The fourth-order valence-corrected chi connectivity index (χ4v) is 3.13. The SMILES string of the molecule is CCN1CCN(C(=O)C2CCC(C)NC2)CC1C. The normalized spacial score (nSPS) is 34.6. The van der Waals surface area contributed by atoms with E-state index in [1.54, 1.807) is 0 Å². The number of carbonyl (C=O) groups is 1. The molecule has 0 bridgehead atoms. The fourth-order valence-electron chi connectivity index (χ4n) is 3.13. The molecule has 0 aromatic rings. The Morgan fingerprint density at radius 3 is 2.61 bits per heavy atom. The topological polar surface area (TPSA) is 35.6 Å². The number of hydrogen-bond acceptors (Lipinski definition) is 3. The molecule has 0 radical (unpaired) electrons. The molecule has 2 aliphatic rings. The Labute approximate surface area is 111 Å². The van der Waals surface area contributed by atoms with E-state index in [0.29, 0.717) is 18.0 Å². The number of rotatable bonds is 2. The molecule has 2 rings (SSSR count). The van der Waals surface area contributed by atoms with Gasteiger partial charge in [-0.15, -0.1) is 0 Å². The number of piperazine rings is 1. The van der Waals surface area contributed by atoms with Crippen molar-refractivity contribution in [2.24, 2.45) is 5.92 Å². The predicted molar refractivity (Wildman–Crippen MR) is 73.5 cm³/mol. The summed E-state index contributed by atoms with van der Waals surface area (Å²) in [5.74, 6) is 0.582. The number of carbonyl (C=O) groups excluding carboxylic acids is 1. The standard InChI is InChI=1S/C14H27N3O/c1-4-16-7-8-17(10-12(16)3)14(18)13-6-5-11(2)15-9-13/h11-13,15H,4-10H2,1-3H3. The van der Waals surface area contributed by atoms with Gasteiger partial charge in [-0.1, -0.05) is 6.92 Å². The molecule has 18 heavy (non-hydrogen) atoms. The maximum absolute atomic E-state index is 12.5. The first-order chi connectivity index (χ1) is 8.61. The number of amides is 1. The van der Waals surface area contributed by atoms with Crippen molar-refractivity contribution in [2.45, 2.75) is 45.7 Å². The molecule has 0 aromatic carbocycles. The van der Waals surface area contributed by atoms with E-state index in [4.69, 9.17) is 0 Å². The van der Waals surface area contributed by atoms with Crippen LogP contribution in [0.15, 0.2) is 0 Å². The zero-order chi connectivity index (χ0) is 13.1. The molecule has 3 atom stereocenters. The highest BCUT2D eigenvalue weighted by Crippen LogP contribution is 2.19. The maximum Gasteiger partial charge on any atom is 0.227 e. The molecule has 4 heteroatoms. The van der Waals surface area contributed by atoms with E-state index in [0.717, 1.165) is 45.6 Å². The van der Waals surface area contributed by atoms with Crippen LogP contribution in [0.1, 0.15) is 33.6 Å². The second-order valence-corrected chi connectivity index (χ2v) is 5.85. The minimum atomic E-state index is 0.210. The Bertz CT molecular complexity index is 287. The summed E-state index contributed by atoms with van der Waals surface area (Å²) in [6, 6.07) is 1.08. The van der Waals surface area contributed by atoms with Crippen molar-refractivity contribution in [3.63, 3.8) is 0 Å². The lowest BCUT2D eigenvalue weighted by atomic mass is 9.94. The van der Waals surface area contributed by atoms with Crippen molar-refractivity contribution in [3.05, 3.63) is 0 Å². The molecular weight excluding hydrogens is 226 g/mol. The molecule has 2 saturated heterocycles. The van der Waals surface area contributed by atoms with Gasteiger partial charge in [0, 0.05) is 38.3 Å². The molecule has 104 valence electrons. The number of likely N-dealkylation sites (N-methyl/N-ethyl adjacent to an activating group) is 1. The summed E-state index contributed by atoms with van der Waals surface area (Å²) in [4.78, 5) is 17.0. The van der Waals surface area contributed by atoms with Gasteiger partial charge < -0.3 is 10.2 Å². The van der Waals surface area contributed by atoms with Gasteiger partial charge in [0.25, 0.3) is 0 Å². The zero-order valence-corrected chi connectivity index (χ0v) is 12.0. The molecule has 1 amide bonds. The van der Waals surface area contributed by atoms with Gasteiger partial charge in [0.2, 0.25) is 5.91 Å². The van der Waals surface area contributed by atoms with Crippen LogP contribution in [0.5, 0.6) is 0 Å². The monoisotopic (exact) mass is 253 g/mol. The molecule has 0 saturated carbocycles. The van der Waals surface area contributed by atoms with Crippen molar-refractivity contribution < 1.29 is 4.79 Å². The average molecular weight is 253 g/mol. The van der Waals surface area contributed by atoms with E-state index in [2.05, 4.69) is 35.9 Å². The van der Waals surface area contributed by atoms with E-state index in [1.807, 2.05) is 0 Å². The van der Waals surface area contributed by atoms with Gasteiger partial charge >= 0.3 is 0 Å². The van der Waals surface area contributed by atoms with Gasteiger partial charge in [-0.3, -0.25) is 9.69 Å². The first kappa shape index (κ1) is 13.8. The van der Waals surface area contributed by atoms with E-state index in [9.17, 15) is 4.79 Å². The zero-order valence-electron chi connectivity index (χ0n) is 12.0. The Morgan fingerprint density at radius 1 is 1.28 bits per heavy atom. The molecular formula is C14H27N3O. The van der Waals surface area contributed by atoms with Crippen molar-refractivity contribution in [1.82, 2.24) is 15.1 Å². The second kappa shape index (κ2) is 6.02. The first-order valence-electron chi connectivity index (χ1n) is 7.38. The molecule has 0 spiro atoms. The smallest absolute Gasteiger partial charge is 0.227 e. The quantitative estimate of drug-likeness (QED) is 0.795. The van der Waals surface area contributed by atoms with Crippen molar-refractivity contribution >= 4 is 5.91 Å². The third kappa shape index (κ3) is 3.04. The van der Waals surface area contributed by atoms with Gasteiger partial charge in [0.05, 0.1) is 5.92 Å². The predicted octanol–water partition coefficient (Wildman–Crippen LogP) is 0.927. The highest BCUT2D eigenvalue weighted by Gasteiger charge is 2.31.